The summed E-state index contributed by atoms with van der Waals surface area (Å²) in [6.07, 6.45) is 4.96. The SMILES string of the molecule is N=C(N)CC1(CN2CCn3cnnc3C2)CC1. The van der Waals surface area contributed by atoms with E-state index < -0.39 is 0 Å². The van der Waals surface area contributed by atoms with Crippen LogP contribution in [0.2, 0.25) is 0 Å². The summed E-state index contributed by atoms with van der Waals surface area (Å²) in [4.78, 5) is 2.42. The van der Waals surface area contributed by atoms with Gasteiger partial charge in [-0.2, -0.15) is 0 Å². The average Bonchev–Trinajstić information content (AvgIpc) is 2.85. The zero-order valence-corrected chi connectivity index (χ0v) is 9.89. The molecule has 0 aromatic carbocycles. The molecule has 0 atom stereocenters. The van der Waals surface area contributed by atoms with Crippen LogP contribution >= 0.6 is 0 Å². The summed E-state index contributed by atoms with van der Waals surface area (Å²) in [7, 11) is 0. The molecular weight excluding hydrogens is 216 g/mol. The van der Waals surface area contributed by atoms with Crippen molar-refractivity contribution in [3.8, 4) is 0 Å². The first-order valence-corrected chi connectivity index (χ1v) is 6.09. The van der Waals surface area contributed by atoms with Crippen LogP contribution in [0.25, 0.3) is 0 Å². The van der Waals surface area contributed by atoms with E-state index in [0.29, 0.717) is 5.84 Å². The van der Waals surface area contributed by atoms with Crippen molar-refractivity contribution in [1.82, 2.24) is 19.7 Å². The molecule has 17 heavy (non-hydrogen) atoms. The van der Waals surface area contributed by atoms with Crippen LogP contribution in [-0.4, -0.2) is 38.6 Å². The maximum absolute atomic E-state index is 7.43. The van der Waals surface area contributed by atoms with Crippen LogP contribution in [0.5, 0.6) is 0 Å². The number of nitrogens with one attached hydrogen (secondary N) is 1. The minimum atomic E-state index is 0.286. The second kappa shape index (κ2) is 3.80. The van der Waals surface area contributed by atoms with Crippen molar-refractivity contribution in [2.45, 2.75) is 32.4 Å². The van der Waals surface area contributed by atoms with Crippen molar-refractivity contribution in [3.05, 3.63) is 12.2 Å². The monoisotopic (exact) mass is 234 g/mol. The lowest BCUT2D eigenvalue weighted by Gasteiger charge is -2.30. The van der Waals surface area contributed by atoms with E-state index in [1.165, 1.54) is 12.8 Å². The highest BCUT2D eigenvalue weighted by Crippen LogP contribution is 2.49. The molecule has 0 unspecified atom stereocenters. The molecule has 0 amide bonds. The number of aromatic nitrogens is 3. The number of hydrogen-bond acceptors (Lipinski definition) is 4. The van der Waals surface area contributed by atoms with Crippen LogP contribution < -0.4 is 5.73 Å². The fraction of sp³-hybridized carbons (Fsp3) is 0.727. The Bertz CT molecular complexity index is 433. The van der Waals surface area contributed by atoms with Crippen molar-refractivity contribution >= 4 is 5.84 Å². The highest BCUT2D eigenvalue weighted by atomic mass is 15.3. The lowest BCUT2D eigenvalue weighted by atomic mass is 10.0. The van der Waals surface area contributed by atoms with Crippen molar-refractivity contribution in [3.63, 3.8) is 0 Å². The summed E-state index contributed by atoms with van der Waals surface area (Å²) in [6.45, 7) is 3.93. The van der Waals surface area contributed by atoms with Gasteiger partial charge in [-0.3, -0.25) is 10.3 Å². The van der Waals surface area contributed by atoms with Gasteiger partial charge in [-0.25, -0.2) is 0 Å². The Labute approximate surface area is 100 Å². The van der Waals surface area contributed by atoms with Crippen LogP contribution in [0.4, 0.5) is 0 Å². The summed E-state index contributed by atoms with van der Waals surface area (Å²) in [5, 5.41) is 15.5. The minimum absolute atomic E-state index is 0.286. The van der Waals surface area contributed by atoms with Crippen molar-refractivity contribution in [1.29, 1.82) is 5.41 Å². The molecule has 0 radical (unpaired) electrons. The van der Waals surface area contributed by atoms with Gasteiger partial charge in [-0.1, -0.05) is 0 Å². The molecule has 1 aliphatic heterocycles. The molecule has 1 aromatic heterocycles. The van der Waals surface area contributed by atoms with Crippen LogP contribution in [-0.2, 0) is 13.1 Å². The van der Waals surface area contributed by atoms with Gasteiger partial charge in [-0.15, -0.1) is 10.2 Å². The van der Waals surface area contributed by atoms with Crippen LogP contribution in [0.1, 0.15) is 25.1 Å². The van der Waals surface area contributed by atoms with Gasteiger partial charge >= 0.3 is 0 Å². The summed E-state index contributed by atoms with van der Waals surface area (Å²) in [5.74, 6) is 1.37. The molecule has 1 aromatic rings. The third-order valence-corrected chi connectivity index (χ3v) is 3.80. The number of nitrogens with two attached hydrogens (primary N) is 1. The number of fused-ring (bicyclic) bond motifs is 1. The molecule has 0 saturated heterocycles. The first-order chi connectivity index (χ1) is 8.17. The predicted octanol–water partition coefficient (Wildman–Crippen LogP) is 0.200. The van der Waals surface area contributed by atoms with Gasteiger partial charge in [0.05, 0.1) is 12.4 Å². The maximum Gasteiger partial charge on any atom is 0.147 e. The summed E-state index contributed by atoms with van der Waals surface area (Å²) < 4.78 is 2.11. The molecule has 1 fully saturated rings. The third-order valence-electron chi connectivity index (χ3n) is 3.80. The first kappa shape index (κ1) is 10.7. The van der Waals surface area contributed by atoms with Gasteiger partial charge in [0, 0.05) is 26.1 Å². The number of nitrogens with zero attached hydrogens (tertiary/aromatic N) is 4. The largest absolute Gasteiger partial charge is 0.388 e. The van der Waals surface area contributed by atoms with E-state index in [4.69, 9.17) is 11.1 Å². The molecule has 6 heteroatoms. The lowest BCUT2D eigenvalue weighted by molar-refractivity contribution is 0.178. The van der Waals surface area contributed by atoms with Gasteiger partial charge in [-0.05, 0) is 18.3 Å². The Balaban J connectivity index is 1.62. The van der Waals surface area contributed by atoms with E-state index in [-0.39, 0.29) is 5.41 Å². The van der Waals surface area contributed by atoms with E-state index in [1.54, 1.807) is 6.33 Å². The Kier molecular flexibility index (Phi) is 2.39. The summed E-state index contributed by atoms with van der Waals surface area (Å²) in [6, 6.07) is 0. The highest BCUT2D eigenvalue weighted by Gasteiger charge is 2.44. The number of rotatable bonds is 4. The average molecular weight is 234 g/mol. The first-order valence-electron chi connectivity index (χ1n) is 6.09. The molecule has 3 rings (SSSR count). The fourth-order valence-corrected chi connectivity index (χ4v) is 2.70. The number of hydrogen-bond donors (Lipinski definition) is 2. The second-order valence-electron chi connectivity index (χ2n) is 5.35. The molecular formula is C11H18N6. The highest BCUT2D eigenvalue weighted by molar-refractivity contribution is 5.78. The second-order valence-corrected chi connectivity index (χ2v) is 5.35. The Hall–Kier alpha value is -1.43. The predicted molar refractivity (Wildman–Crippen MR) is 63.5 cm³/mol. The van der Waals surface area contributed by atoms with Crippen molar-refractivity contribution in [2.24, 2.45) is 11.1 Å². The molecule has 0 bridgehead atoms. The standard InChI is InChI=1S/C11H18N6/c12-9(13)5-11(1-2-11)7-16-3-4-17-8-14-15-10(17)6-16/h8H,1-7H2,(H3,12,13). The smallest absolute Gasteiger partial charge is 0.147 e. The van der Waals surface area contributed by atoms with Crippen LogP contribution in [0.15, 0.2) is 6.33 Å². The third kappa shape index (κ3) is 2.17. The quantitative estimate of drug-likeness (QED) is 0.576. The topological polar surface area (TPSA) is 83.8 Å². The van der Waals surface area contributed by atoms with E-state index in [0.717, 1.165) is 38.4 Å². The van der Waals surface area contributed by atoms with E-state index in [1.807, 2.05) is 0 Å². The van der Waals surface area contributed by atoms with Crippen molar-refractivity contribution in [2.75, 3.05) is 13.1 Å². The molecule has 1 aliphatic carbocycles. The summed E-state index contributed by atoms with van der Waals surface area (Å²) in [5.41, 5.74) is 5.81. The normalized spacial score (nSPS) is 22.1. The van der Waals surface area contributed by atoms with E-state index in [9.17, 15) is 0 Å². The molecule has 2 aliphatic rings. The lowest BCUT2D eigenvalue weighted by Crippen LogP contribution is -2.38. The van der Waals surface area contributed by atoms with Gasteiger partial charge in [0.1, 0.15) is 12.2 Å². The Morgan fingerprint density at radius 1 is 1.47 bits per heavy atom. The van der Waals surface area contributed by atoms with Gasteiger partial charge < -0.3 is 10.3 Å². The number of amidine groups is 1. The molecule has 2 heterocycles. The van der Waals surface area contributed by atoms with Crippen LogP contribution in [0.3, 0.4) is 0 Å². The summed E-state index contributed by atoms with van der Waals surface area (Å²) >= 11 is 0. The zero-order valence-electron chi connectivity index (χ0n) is 9.89. The fourth-order valence-electron chi connectivity index (χ4n) is 2.70. The molecule has 1 saturated carbocycles. The van der Waals surface area contributed by atoms with E-state index >= 15 is 0 Å². The van der Waals surface area contributed by atoms with Gasteiger partial charge in [0.15, 0.2) is 0 Å². The molecule has 0 spiro atoms. The molecule has 6 nitrogen and oxygen atoms in total. The Morgan fingerprint density at radius 3 is 3.00 bits per heavy atom. The maximum atomic E-state index is 7.43. The molecule has 3 N–H and O–H groups in total. The zero-order chi connectivity index (χ0) is 11.9. The Morgan fingerprint density at radius 2 is 2.29 bits per heavy atom. The van der Waals surface area contributed by atoms with Crippen LogP contribution in [0, 0.1) is 10.8 Å². The van der Waals surface area contributed by atoms with Gasteiger partial charge in [0.2, 0.25) is 0 Å². The van der Waals surface area contributed by atoms with Crippen molar-refractivity contribution < 1.29 is 0 Å². The minimum Gasteiger partial charge on any atom is -0.388 e. The van der Waals surface area contributed by atoms with Gasteiger partial charge in [0.25, 0.3) is 0 Å². The molecule has 92 valence electrons. The van der Waals surface area contributed by atoms with E-state index in [2.05, 4.69) is 19.7 Å².